The van der Waals surface area contributed by atoms with Crippen LogP contribution in [-0.4, -0.2) is 40.4 Å². The van der Waals surface area contributed by atoms with E-state index in [4.69, 9.17) is 16.6 Å². The first-order chi connectivity index (χ1) is 14.2. The van der Waals surface area contributed by atoms with E-state index in [2.05, 4.69) is 33.4 Å². The van der Waals surface area contributed by atoms with E-state index in [1.54, 1.807) is 6.20 Å². The molecule has 1 atom stereocenters. The Bertz CT molecular complexity index is 963. The molecule has 1 aliphatic heterocycles. The molecule has 5 nitrogen and oxygen atoms in total. The van der Waals surface area contributed by atoms with Crippen molar-refractivity contribution in [2.45, 2.75) is 25.2 Å². The number of benzene rings is 1. The molecule has 29 heavy (non-hydrogen) atoms. The monoisotopic (exact) mass is 426 g/mol. The molecule has 4 rings (SSSR count). The minimum Gasteiger partial charge on any atom is -0.301 e. The van der Waals surface area contributed by atoms with Gasteiger partial charge in [-0.15, -0.1) is 11.3 Å². The minimum atomic E-state index is -0.0129. The predicted octanol–water partition coefficient (Wildman–Crippen LogP) is 4.60. The summed E-state index contributed by atoms with van der Waals surface area (Å²) in [6, 6.07) is 14.1. The SMILES string of the molecule is O=C(CN1CCC[C@@H](c2cccc(Cc3ccccc3Cl)n2)C1)Nc1nccs1. The molecule has 1 amide bonds. The van der Waals surface area contributed by atoms with E-state index in [0.29, 0.717) is 17.6 Å². The van der Waals surface area contributed by atoms with Gasteiger partial charge in [0.2, 0.25) is 5.91 Å². The molecule has 0 unspecified atom stereocenters. The number of nitrogens with zero attached hydrogens (tertiary/aromatic N) is 3. The van der Waals surface area contributed by atoms with Crippen LogP contribution in [0.2, 0.25) is 5.02 Å². The molecule has 2 aromatic heterocycles. The maximum atomic E-state index is 12.3. The Kier molecular flexibility index (Phi) is 6.54. The lowest BCUT2D eigenvalue weighted by Gasteiger charge is -2.32. The third-order valence-electron chi connectivity index (χ3n) is 5.13. The van der Waals surface area contributed by atoms with Crippen molar-refractivity contribution in [3.63, 3.8) is 0 Å². The number of anilines is 1. The van der Waals surface area contributed by atoms with Crippen LogP contribution in [0.25, 0.3) is 0 Å². The van der Waals surface area contributed by atoms with Gasteiger partial charge in [0.15, 0.2) is 5.13 Å². The number of nitrogens with one attached hydrogen (secondary N) is 1. The van der Waals surface area contributed by atoms with Crippen LogP contribution >= 0.6 is 22.9 Å². The molecule has 0 saturated carbocycles. The second-order valence-electron chi connectivity index (χ2n) is 7.28. The van der Waals surface area contributed by atoms with E-state index in [1.807, 2.05) is 29.6 Å². The summed E-state index contributed by atoms with van der Waals surface area (Å²) in [5.41, 5.74) is 3.21. The minimum absolute atomic E-state index is 0.0129. The van der Waals surface area contributed by atoms with Gasteiger partial charge in [0.25, 0.3) is 0 Å². The van der Waals surface area contributed by atoms with Gasteiger partial charge in [0.05, 0.1) is 6.54 Å². The van der Waals surface area contributed by atoms with Crippen LogP contribution in [0.1, 0.15) is 35.7 Å². The van der Waals surface area contributed by atoms with Crippen molar-refractivity contribution in [3.8, 4) is 0 Å². The summed E-state index contributed by atoms with van der Waals surface area (Å²) in [7, 11) is 0. The molecule has 3 heterocycles. The molecule has 150 valence electrons. The summed E-state index contributed by atoms with van der Waals surface area (Å²) in [6.45, 7) is 2.16. The zero-order chi connectivity index (χ0) is 20.1. The highest BCUT2D eigenvalue weighted by Crippen LogP contribution is 2.26. The normalized spacial score (nSPS) is 17.2. The number of carbonyl (C=O) groups is 1. The fourth-order valence-corrected chi connectivity index (χ4v) is 4.50. The highest BCUT2D eigenvalue weighted by atomic mass is 35.5. The number of halogens is 1. The van der Waals surface area contributed by atoms with Crippen molar-refractivity contribution in [2.24, 2.45) is 0 Å². The largest absolute Gasteiger partial charge is 0.301 e. The maximum Gasteiger partial charge on any atom is 0.240 e. The van der Waals surface area contributed by atoms with Crippen molar-refractivity contribution in [2.75, 3.05) is 25.0 Å². The first-order valence-electron chi connectivity index (χ1n) is 9.78. The second-order valence-corrected chi connectivity index (χ2v) is 8.58. The molecule has 3 aromatic rings. The highest BCUT2D eigenvalue weighted by Gasteiger charge is 2.24. The Balaban J connectivity index is 1.39. The summed E-state index contributed by atoms with van der Waals surface area (Å²) < 4.78 is 0. The van der Waals surface area contributed by atoms with E-state index in [0.717, 1.165) is 54.3 Å². The Morgan fingerprint density at radius 2 is 2.14 bits per heavy atom. The molecule has 1 fully saturated rings. The van der Waals surface area contributed by atoms with Gasteiger partial charge in [-0.3, -0.25) is 14.7 Å². The van der Waals surface area contributed by atoms with Crippen molar-refractivity contribution in [1.29, 1.82) is 0 Å². The van der Waals surface area contributed by atoms with Gasteiger partial charge >= 0.3 is 0 Å². The van der Waals surface area contributed by atoms with Crippen LogP contribution in [0.5, 0.6) is 0 Å². The third-order valence-corrected chi connectivity index (χ3v) is 6.18. The summed E-state index contributed by atoms with van der Waals surface area (Å²) >= 11 is 7.74. The Morgan fingerprint density at radius 3 is 2.97 bits per heavy atom. The zero-order valence-corrected chi connectivity index (χ0v) is 17.6. The van der Waals surface area contributed by atoms with Gasteiger partial charge in [0, 0.05) is 46.9 Å². The van der Waals surface area contributed by atoms with E-state index < -0.39 is 0 Å². The predicted molar refractivity (Wildman–Crippen MR) is 118 cm³/mol. The Morgan fingerprint density at radius 1 is 1.24 bits per heavy atom. The number of hydrogen-bond acceptors (Lipinski definition) is 5. The average molecular weight is 427 g/mol. The summed E-state index contributed by atoms with van der Waals surface area (Å²) in [5.74, 6) is 0.323. The number of pyridine rings is 1. The molecule has 1 N–H and O–H groups in total. The number of piperidine rings is 1. The fourth-order valence-electron chi connectivity index (χ4n) is 3.75. The third kappa shape index (κ3) is 5.41. The fraction of sp³-hybridized carbons (Fsp3) is 0.318. The molecule has 1 saturated heterocycles. The van der Waals surface area contributed by atoms with Gasteiger partial charge in [0.1, 0.15) is 0 Å². The first-order valence-corrected chi connectivity index (χ1v) is 11.0. The van der Waals surface area contributed by atoms with Crippen molar-refractivity contribution in [3.05, 3.63) is 76.0 Å². The number of thiazole rings is 1. The first kappa shape index (κ1) is 20.0. The number of carbonyl (C=O) groups excluding carboxylic acids is 1. The lowest BCUT2D eigenvalue weighted by Crippen LogP contribution is -2.40. The molecule has 0 spiro atoms. The molecular formula is C22H23ClN4OS. The lowest BCUT2D eigenvalue weighted by molar-refractivity contribution is -0.117. The molecule has 7 heteroatoms. The van der Waals surface area contributed by atoms with E-state index in [-0.39, 0.29) is 5.91 Å². The quantitative estimate of drug-likeness (QED) is 0.625. The lowest BCUT2D eigenvalue weighted by atomic mass is 9.94. The summed E-state index contributed by atoms with van der Waals surface area (Å²) in [6.07, 6.45) is 4.57. The zero-order valence-electron chi connectivity index (χ0n) is 16.1. The number of likely N-dealkylation sites (tertiary alicyclic amines) is 1. The van der Waals surface area contributed by atoms with Crippen LogP contribution in [0.3, 0.4) is 0 Å². The molecular weight excluding hydrogens is 404 g/mol. The van der Waals surface area contributed by atoms with Crippen LogP contribution in [0.4, 0.5) is 5.13 Å². The summed E-state index contributed by atoms with van der Waals surface area (Å²) in [4.78, 5) is 23.5. The van der Waals surface area contributed by atoms with Gasteiger partial charge in [-0.2, -0.15) is 0 Å². The van der Waals surface area contributed by atoms with Crippen molar-refractivity contribution >= 4 is 34.0 Å². The number of aromatic nitrogens is 2. The second kappa shape index (κ2) is 9.48. The van der Waals surface area contributed by atoms with Crippen molar-refractivity contribution in [1.82, 2.24) is 14.9 Å². The van der Waals surface area contributed by atoms with Gasteiger partial charge in [-0.05, 0) is 43.1 Å². The van der Waals surface area contributed by atoms with Crippen LogP contribution in [0, 0.1) is 0 Å². The van der Waals surface area contributed by atoms with Gasteiger partial charge in [-0.1, -0.05) is 35.9 Å². The number of amides is 1. The molecule has 0 bridgehead atoms. The standard InChI is InChI=1S/C22H23ClN4OS/c23-19-8-2-1-5-16(19)13-18-7-3-9-20(25-18)17-6-4-11-27(14-17)15-21(28)26-22-24-10-12-29-22/h1-3,5,7-10,12,17H,4,6,11,13-15H2,(H,24,26,28)/t17-/m1/s1. The smallest absolute Gasteiger partial charge is 0.240 e. The van der Waals surface area contributed by atoms with Gasteiger partial charge < -0.3 is 5.32 Å². The van der Waals surface area contributed by atoms with Crippen LogP contribution < -0.4 is 5.32 Å². The van der Waals surface area contributed by atoms with E-state index >= 15 is 0 Å². The Hall–Kier alpha value is -2.28. The molecule has 1 aliphatic rings. The number of rotatable bonds is 6. The van der Waals surface area contributed by atoms with Crippen molar-refractivity contribution < 1.29 is 4.79 Å². The number of hydrogen-bond donors (Lipinski definition) is 1. The molecule has 1 aromatic carbocycles. The average Bonchev–Trinajstić information content (AvgIpc) is 3.23. The summed E-state index contributed by atoms with van der Waals surface area (Å²) in [5, 5.41) is 6.14. The van der Waals surface area contributed by atoms with Crippen LogP contribution in [-0.2, 0) is 11.2 Å². The Labute approximate surface area is 179 Å². The van der Waals surface area contributed by atoms with E-state index in [9.17, 15) is 4.79 Å². The highest BCUT2D eigenvalue weighted by molar-refractivity contribution is 7.13. The van der Waals surface area contributed by atoms with Crippen LogP contribution in [0.15, 0.2) is 54.0 Å². The maximum absolute atomic E-state index is 12.3. The van der Waals surface area contributed by atoms with E-state index in [1.165, 1.54) is 11.3 Å². The topological polar surface area (TPSA) is 58.1 Å². The van der Waals surface area contributed by atoms with Gasteiger partial charge in [-0.25, -0.2) is 4.98 Å². The molecule has 0 radical (unpaired) electrons. The molecule has 0 aliphatic carbocycles.